The van der Waals surface area contributed by atoms with Gasteiger partial charge in [0.25, 0.3) is 6.10 Å². The molecule has 0 amide bonds. The molecule has 0 saturated heterocycles. The van der Waals surface area contributed by atoms with Crippen LogP contribution in [0.3, 0.4) is 0 Å². The SMILES string of the molecule is FC1=C(F)C(C(F)(F)F)OO1. The maximum Gasteiger partial charge on any atom is 0.425 e. The summed E-state index contributed by atoms with van der Waals surface area (Å²) in [5.41, 5.74) is 0. The standard InChI is InChI=1S/C4HF5O2/c5-1-2(4(7,8)9)10-11-3(1)6/h2H. The molecule has 7 heteroatoms. The van der Waals surface area contributed by atoms with Crippen LogP contribution in [0.1, 0.15) is 0 Å². The van der Waals surface area contributed by atoms with Crippen molar-refractivity contribution in [2.45, 2.75) is 12.3 Å². The summed E-state index contributed by atoms with van der Waals surface area (Å²) in [6.45, 7) is 0. The summed E-state index contributed by atoms with van der Waals surface area (Å²) in [4.78, 5) is 6.51. The molecule has 0 N–H and O–H groups in total. The van der Waals surface area contributed by atoms with Crippen molar-refractivity contribution in [3.05, 3.63) is 11.8 Å². The Labute approximate surface area is 57.1 Å². The van der Waals surface area contributed by atoms with Gasteiger partial charge >= 0.3 is 12.2 Å². The predicted octanol–water partition coefficient (Wildman–Crippen LogP) is 1.99. The highest BCUT2D eigenvalue weighted by Crippen LogP contribution is 2.35. The zero-order valence-corrected chi connectivity index (χ0v) is 4.78. The molecule has 11 heavy (non-hydrogen) atoms. The lowest BCUT2D eigenvalue weighted by Crippen LogP contribution is -2.29. The van der Waals surface area contributed by atoms with Crippen molar-refractivity contribution in [3.8, 4) is 0 Å². The lowest BCUT2D eigenvalue weighted by molar-refractivity contribution is -0.336. The molecule has 0 spiro atoms. The number of rotatable bonds is 0. The second-order valence-corrected chi connectivity index (χ2v) is 1.72. The van der Waals surface area contributed by atoms with Crippen molar-refractivity contribution in [3.63, 3.8) is 0 Å². The average molecular weight is 176 g/mol. The summed E-state index contributed by atoms with van der Waals surface area (Å²) in [5, 5.41) is 0. The van der Waals surface area contributed by atoms with Crippen LogP contribution < -0.4 is 0 Å². The molecule has 0 aromatic carbocycles. The summed E-state index contributed by atoms with van der Waals surface area (Å²) in [6.07, 6.45) is -7.92. The molecular formula is C4HF5O2. The lowest BCUT2D eigenvalue weighted by atomic mass is 10.3. The van der Waals surface area contributed by atoms with Gasteiger partial charge in [-0.05, 0) is 0 Å². The van der Waals surface area contributed by atoms with E-state index in [2.05, 4.69) is 9.78 Å². The van der Waals surface area contributed by atoms with Crippen LogP contribution in [-0.2, 0) is 9.78 Å². The molecule has 0 aliphatic carbocycles. The first kappa shape index (κ1) is 8.25. The largest absolute Gasteiger partial charge is 0.425 e. The van der Waals surface area contributed by atoms with Gasteiger partial charge in [-0.25, -0.2) is 4.39 Å². The summed E-state index contributed by atoms with van der Waals surface area (Å²) in [5.74, 6) is -2.09. The monoisotopic (exact) mass is 176 g/mol. The summed E-state index contributed by atoms with van der Waals surface area (Å²) in [7, 11) is 0. The molecule has 0 saturated carbocycles. The van der Waals surface area contributed by atoms with Crippen LogP contribution in [0.25, 0.3) is 0 Å². The minimum absolute atomic E-state index is 1.98. The lowest BCUT2D eigenvalue weighted by Gasteiger charge is -2.09. The fourth-order valence-electron chi connectivity index (χ4n) is 0.474. The molecule has 1 rings (SSSR count). The average Bonchev–Trinajstić information content (AvgIpc) is 2.11. The van der Waals surface area contributed by atoms with Crippen LogP contribution in [0.15, 0.2) is 11.8 Å². The predicted molar refractivity (Wildman–Crippen MR) is 21.3 cm³/mol. The van der Waals surface area contributed by atoms with E-state index in [-0.39, 0.29) is 0 Å². The highest BCUT2D eigenvalue weighted by Gasteiger charge is 2.51. The quantitative estimate of drug-likeness (QED) is 0.415. The van der Waals surface area contributed by atoms with E-state index in [1.807, 2.05) is 0 Å². The van der Waals surface area contributed by atoms with Gasteiger partial charge in [-0.1, -0.05) is 0 Å². The molecule has 0 aromatic heterocycles. The minimum Gasteiger partial charge on any atom is -0.302 e. The van der Waals surface area contributed by atoms with Crippen molar-refractivity contribution in [2.75, 3.05) is 0 Å². The molecule has 1 aliphatic heterocycles. The van der Waals surface area contributed by atoms with E-state index in [4.69, 9.17) is 0 Å². The molecule has 1 unspecified atom stereocenters. The fraction of sp³-hybridized carbons (Fsp3) is 0.500. The van der Waals surface area contributed by atoms with Gasteiger partial charge in [-0.2, -0.15) is 22.4 Å². The Hall–Kier alpha value is -0.850. The van der Waals surface area contributed by atoms with E-state index < -0.39 is 24.1 Å². The second-order valence-electron chi connectivity index (χ2n) is 1.72. The van der Waals surface area contributed by atoms with E-state index in [0.717, 1.165) is 0 Å². The fourth-order valence-corrected chi connectivity index (χ4v) is 0.474. The maximum atomic E-state index is 12.0. The summed E-state index contributed by atoms with van der Waals surface area (Å²) < 4.78 is 58.4. The van der Waals surface area contributed by atoms with Gasteiger partial charge in [0.2, 0.25) is 5.83 Å². The molecule has 1 heterocycles. The van der Waals surface area contributed by atoms with Gasteiger partial charge in [0, 0.05) is 0 Å². The van der Waals surface area contributed by atoms with Crippen molar-refractivity contribution >= 4 is 0 Å². The Morgan fingerprint density at radius 2 is 1.73 bits per heavy atom. The second kappa shape index (κ2) is 2.33. The van der Waals surface area contributed by atoms with Crippen molar-refractivity contribution in [1.29, 1.82) is 0 Å². The van der Waals surface area contributed by atoms with Crippen LogP contribution in [0.5, 0.6) is 0 Å². The van der Waals surface area contributed by atoms with Gasteiger partial charge in [-0.15, -0.1) is 0 Å². The van der Waals surface area contributed by atoms with E-state index in [1.165, 1.54) is 0 Å². The summed E-state index contributed by atoms with van der Waals surface area (Å²) >= 11 is 0. The molecule has 0 aromatic rings. The Kier molecular flexibility index (Phi) is 1.75. The Morgan fingerprint density at radius 3 is 1.91 bits per heavy atom. The van der Waals surface area contributed by atoms with E-state index in [9.17, 15) is 22.0 Å². The van der Waals surface area contributed by atoms with E-state index >= 15 is 0 Å². The first-order valence-corrected chi connectivity index (χ1v) is 2.38. The molecule has 64 valence electrons. The van der Waals surface area contributed by atoms with Crippen LogP contribution >= 0.6 is 0 Å². The zero-order valence-electron chi connectivity index (χ0n) is 4.78. The Morgan fingerprint density at radius 1 is 1.18 bits per heavy atom. The third-order valence-corrected chi connectivity index (χ3v) is 0.933. The van der Waals surface area contributed by atoms with Crippen molar-refractivity contribution in [1.82, 2.24) is 0 Å². The van der Waals surface area contributed by atoms with Gasteiger partial charge in [0.1, 0.15) is 0 Å². The van der Waals surface area contributed by atoms with E-state index in [0.29, 0.717) is 0 Å². The molecule has 0 bridgehead atoms. The molecule has 1 aliphatic rings. The first-order chi connectivity index (χ1) is 4.93. The third-order valence-electron chi connectivity index (χ3n) is 0.933. The normalized spacial score (nSPS) is 25.7. The third kappa shape index (κ3) is 1.42. The van der Waals surface area contributed by atoms with Crippen LogP contribution in [0.4, 0.5) is 22.0 Å². The summed E-state index contributed by atoms with van der Waals surface area (Å²) in [6, 6.07) is -1.98. The number of hydrogen-bond acceptors (Lipinski definition) is 2. The molecular weight excluding hydrogens is 175 g/mol. The molecule has 0 radical (unpaired) electrons. The van der Waals surface area contributed by atoms with Gasteiger partial charge in [-0.3, -0.25) is 0 Å². The van der Waals surface area contributed by atoms with Crippen LogP contribution in [0.2, 0.25) is 0 Å². The van der Waals surface area contributed by atoms with E-state index in [1.54, 1.807) is 0 Å². The maximum absolute atomic E-state index is 12.0. The smallest absolute Gasteiger partial charge is 0.302 e. The molecule has 0 fully saturated rings. The zero-order chi connectivity index (χ0) is 8.65. The molecule has 1 atom stereocenters. The minimum atomic E-state index is -4.99. The van der Waals surface area contributed by atoms with Crippen LogP contribution in [0, 0.1) is 0 Å². The highest BCUT2D eigenvalue weighted by molar-refractivity contribution is 5.05. The van der Waals surface area contributed by atoms with Crippen molar-refractivity contribution in [2.24, 2.45) is 0 Å². The van der Waals surface area contributed by atoms with Crippen molar-refractivity contribution < 1.29 is 31.7 Å². The van der Waals surface area contributed by atoms with Gasteiger partial charge in [0.05, 0.1) is 0 Å². The number of halogens is 5. The molecule has 2 nitrogen and oxygen atoms in total. The van der Waals surface area contributed by atoms with Crippen LogP contribution in [-0.4, -0.2) is 12.3 Å². The highest BCUT2D eigenvalue weighted by atomic mass is 19.4. The Balaban J connectivity index is 2.79. The Bertz CT molecular complexity index is 195. The van der Waals surface area contributed by atoms with Gasteiger partial charge in [0.15, 0.2) is 0 Å². The van der Waals surface area contributed by atoms with Gasteiger partial charge < -0.3 is 4.89 Å². The number of alkyl halides is 3. The number of hydrogen-bond donors (Lipinski definition) is 0. The topological polar surface area (TPSA) is 18.5 Å². The first-order valence-electron chi connectivity index (χ1n) is 2.38.